The van der Waals surface area contributed by atoms with E-state index in [0.717, 1.165) is 31.5 Å². The molecular formula is C12H16N2O3S. The van der Waals surface area contributed by atoms with Gasteiger partial charge in [-0.1, -0.05) is 6.07 Å². The average Bonchev–Trinajstić information content (AvgIpc) is 2.38. The van der Waals surface area contributed by atoms with E-state index in [1.165, 1.54) is 0 Å². The van der Waals surface area contributed by atoms with Crippen LogP contribution in [0.1, 0.15) is 24.3 Å². The summed E-state index contributed by atoms with van der Waals surface area (Å²) in [6.45, 7) is 2.02. The number of rotatable bonds is 1. The number of benzene rings is 1. The first-order chi connectivity index (χ1) is 8.64. The summed E-state index contributed by atoms with van der Waals surface area (Å²) in [7, 11) is -3.33. The molecule has 1 saturated heterocycles. The Morgan fingerprint density at radius 2 is 2.22 bits per heavy atom. The van der Waals surface area contributed by atoms with Crippen LogP contribution in [-0.4, -0.2) is 27.4 Å². The zero-order valence-corrected chi connectivity index (χ0v) is 10.8. The highest BCUT2D eigenvalue weighted by molar-refractivity contribution is 7.92. The number of hydrogen-bond donors (Lipinski definition) is 2. The van der Waals surface area contributed by atoms with Gasteiger partial charge >= 0.3 is 0 Å². The highest BCUT2D eigenvalue weighted by atomic mass is 32.2. The second kappa shape index (κ2) is 4.44. The minimum Gasteiger partial charge on any atom is -0.474 e. The van der Waals surface area contributed by atoms with Crippen molar-refractivity contribution >= 4 is 15.7 Å². The van der Waals surface area contributed by atoms with E-state index in [1.807, 2.05) is 18.2 Å². The van der Waals surface area contributed by atoms with Gasteiger partial charge in [0, 0.05) is 6.54 Å². The van der Waals surface area contributed by atoms with Crippen molar-refractivity contribution in [2.45, 2.75) is 18.8 Å². The molecule has 0 saturated carbocycles. The molecule has 18 heavy (non-hydrogen) atoms. The largest absolute Gasteiger partial charge is 0.474 e. The molecule has 2 aliphatic rings. The summed E-state index contributed by atoms with van der Waals surface area (Å²) in [5.74, 6) is 0.762. The molecule has 0 spiro atoms. The standard InChI is InChI=1S/C12H16N2O3S/c15-18(16)8-17-12-4-3-9(6-11(12)14-18)10-2-1-5-13-7-10/h3-4,6,10,13-14H,1-2,5,7-8H2. The monoisotopic (exact) mass is 268 g/mol. The van der Waals surface area contributed by atoms with Crippen molar-refractivity contribution in [2.75, 3.05) is 23.8 Å². The molecule has 0 aromatic heterocycles. The van der Waals surface area contributed by atoms with E-state index in [0.29, 0.717) is 17.4 Å². The number of nitrogens with one attached hydrogen (secondary N) is 2. The van der Waals surface area contributed by atoms with Crippen LogP contribution in [0.3, 0.4) is 0 Å². The molecule has 2 N–H and O–H groups in total. The maximum atomic E-state index is 11.5. The van der Waals surface area contributed by atoms with Crippen molar-refractivity contribution in [2.24, 2.45) is 0 Å². The van der Waals surface area contributed by atoms with Gasteiger partial charge in [0.05, 0.1) is 5.69 Å². The lowest BCUT2D eigenvalue weighted by atomic mass is 9.91. The first kappa shape index (κ1) is 11.8. The summed E-state index contributed by atoms with van der Waals surface area (Å²) in [5.41, 5.74) is 1.72. The topological polar surface area (TPSA) is 67.4 Å². The number of ether oxygens (including phenoxy) is 1. The summed E-state index contributed by atoms with van der Waals surface area (Å²) < 4.78 is 30.7. The van der Waals surface area contributed by atoms with Crippen LogP contribution in [0.25, 0.3) is 0 Å². The predicted octanol–water partition coefficient (Wildman–Crippen LogP) is 1.25. The summed E-state index contributed by atoms with van der Waals surface area (Å²) >= 11 is 0. The molecule has 0 aliphatic carbocycles. The summed E-state index contributed by atoms with van der Waals surface area (Å²) in [5, 5.41) is 3.36. The Labute approximate surface area is 107 Å². The highest BCUT2D eigenvalue weighted by Gasteiger charge is 2.23. The van der Waals surface area contributed by atoms with Gasteiger partial charge in [-0.05, 0) is 43.0 Å². The fraction of sp³-hybridized carbons (Fsp3) is 0.500. The molecule has 1 unspecified atom stereocenters. The van der Waals surface area contributed by atoms with E-state index >= 15 is 0 Å². The molecule has 0 bridgehead atoms. The van der Waals surface area contributed by atoms with E-state index < -0.39 is 10.0 Å². The molecule has 0 radical (unpaired) electrons. The lowest BCUT2D eigenvalue weighted by molar-refractivity contribution is 0.374. The summed E-state index contributed by atoms with van der Waals surface area (Å²) in [6, 6.07) is 5.76. The van der Waals surface area contributed by atoms with E-state index in [1.54, 1.807) is 0 Å². The molecule has 98 valence electrons. The molecule has 5 nitrogen and oxygen atoms in total. The van der Waals surface area contributed by atoms with Gasteiger partial charge in [-0.2, -0.15) is 0 Å². The smallest absolute Gasteiger partial charge is 0.268 e. The first-order valence-corrected chi connectivity index (χ1v) is 7.77. The fourth-order valence-corrected chi connectivity index (χ4v) is 3.32. The lowest BCUT2D eigenvalue weighted by Gasteiger charge is -2.25. The number of sulfonamides is 1. The zero-order valence-electron chi connectivity index (χ0n) is 9.98. The SMILES string of the molecule is O=S1(=O)COc2ccc(C3CCCNC3)cc2N1. The Hall–Kier alpha value is -1.27. The van der Waals surface area contributed by atoms with Crippen molar-refractivity contribution in [3.05, 3.63) is 23.8 Å². The Kier molecular flexibility index (Phi) is 2.91. The summed E-state index contributed by atoms with van der Waals surface area (Å²) in [6.07, 6.45) is 2.30. The molecule has 6 heteroatoms. The third-order valence-corrected chi connectivity index (χ3v) is 4.37. The summed E-state index contributed by atoms with van der Waals surface area (Å²) in [4.78, 5) is 0. The second-order valence-electron chi connectivity index (χ2n) is 4.78. The van der Waals surface area contributed by atoms with E-state index in [-0.39, 0.29) is 5.94 Å². The zero-order chi connectivity index (χ0) is 12.6. The van der Waals surface area contributed by atoms with Crippen LogP contribution in [0.5, 0.6) is 5.75 Å². The Morgan fingerprint density at radius 1 is 1.33 bits per heavy atom. The maximum Gasteiger partial charge on any atom is 0.268 e. The number of hydrogen-bond acceptors (Lipinski definition) is 4. The van der Waals surface area contributed by atoms with Gasteiger partial charge in [0.25, 0.3) is 10.0 Å². The molecular weight excluding hydrogens is 252 g/mol. The van der Waals surface area contributed by atoms with E-state index in [4.69, 9.17) is 4.74 Å². The quantitative estimate of drug-likeness (QED) is 0.804. The van der Waals surface area contributed by atoms with Crippen molar-refractivity contribution in [3.8, 4) is 5.75 Å². The predicted molar refractivity (Wildman–Crippen MR) is 69.3 cm³/mol. The van der Waals surface area contributed by atoms with Crippen LogP contribution in [-0.2, 0) is 10.0 Å². The van der Waals surface area contributed by atoms with Gasteiger partial charge < -0.3 is 10.1 Å². The highest BCUT2D eigenvalue weighted by Crippen LogP contribution is 2.34. The normalized spacial score (nSPS) is 25.7. The van der Waals surface area contributed by atoms with E-state index in [9.17, 15) is 8.42 Å². The van der Waals surface area contributed by atoms with Crippen LogP contribution in [0.4, 0.5) is 5.69 Å². The Morgan fingerprint density at radius 3 is 3.00 bits per heavy atom. The molecule has 3 rings (SSSR count). The second-order valence-corrected chi connectivity index (χ2v) is 6.45. The van der Waals surface area contributed by atoms with Gasteiger partial charge in [0.15, 0.2) is 0 Å². The number of fused-ring (bicyclic) bond motifs is 1. The molecule has 2 aliphatic heterocycles. The van der Waals surface area contributed by atoms with Gasteiger partial charge in [0.2, 0.25) is 5.94 Å². The third-order valence-electron chi connectivity index (χ3n) is 3.41. The molecule has 1 aromatic rings. The Balaban J connectivity index is 1.90. The fourth-order valence-electron chi connectivity index (χ4n) is 2.48. The van der Waals surface area contributed by atoms with Gasteiger partial charge in [-0.25, -0.2) is 8.42 Å². The number of anilines is 1. The van der Waals surface area contributed by atoms with Crippen LogP contribution in [0.2, 0.25) is 0 Å². The number of piperidine rings is 1. The molecule has 2 heterocycles. The minimum atomic E-state index is -3.33. The lowest BCUT2D eigenvalue weighted by Crippen LogP contribution is -2.29. The Bertz CT molecular complexity index is 550. The van der Waals surface area contributed by atoms with Crippen LogP contribution in [0.15, 0.2) is 18.2 Å². The third kappa shape index (κ3) is 2.30. The van der Waals surface area contributed by atoms with Crippen molar-refractivity contribution < 1.29 is 13.2 Å². The van der Waals surface area contributed by atoms with Gasteiger partial charge in [-0.15, -0.1) is 0 Å². The van der Waals surface area contributed by atoms with Crippen molar-refractivity contribution in [1.29, 1.82) is 0 Å². The molecule has 0 amide bonds. The van der Waals surface area contributed by atoms with Crippen LogP contribution in [0, 0.1) is 0 Å². The van der Waals surface area contributed by atoms with Crippen molar-refractivity contribution in [1.82, 2.24) is 5.32 Å². The molecule has 1 aromatic carbocycles. The van der Waals surface area contributed by atoms with Crippen LogP contribution >= 0.6 is 0 Å². The van der Waals surface area contributed by atoms with Gasteiger partial charge in [-0.3, -0.25) is 4.72 Å². The minimum absolute atomic E-state index is 0.301. The van der Waals surface area contributed by atoms with Gasteiger partial charge in [0.1, 0.15) is 5.75 Å². The molecule has 1 atom stereocenters. The van der Waals surface area contributed by atoms with E-state index in [2.05, 4.69) is 10.0 Å². The van der Waals surface area contributed by atoms with Crippen LogP contribution < -0.4 is 14.8 Å². The average molecular weight is 268 g/mol. The first-order valence-electron chi connectivity index (χ1n) is 6.12. The molecule has 1 fully saturated rings. The maximum absolute atomic E-state index is 11.5. The van der Waals surface area contributed by atoms with Crippen molar-refractivity contribution in [3.63, 3.8) is 0 Å².